The third-order valence-corrected chi connectivity index (χ3v) is 2.48. The second kappa shape index (κ2) is 2.85. The molecule has 0 amide bonds. The van der Waals surface area contributed by atoms with E-state index in [0.717, 1.165) is 4.70 Å². The summed E-state index contributed by atoms with van der Waals surface area (Å²) in [6.45, 7) is 0. The van der Waals surface area contributed by atoms with Crippen LogP contribution in [-0.2, 0) is 0 Å². The molecule has 0 atom stereocenters. The summed E-state index contributed by atoms with van der Waals surface area (Å²) < 4.78 is 1.15. The van der Waals surface area contributed by atoms with Crippen molar-refractivity contribution < 1.29 is 0 Å². The van der Waals surface area contributed by atoms with Crippen LogP contribution in [0.1, 0.15) is 0 Å². The number of hydrogen-bond donors (Lipinski definition) is 0. The molecule has 0 spiro atoms. The molecule has 0 bridgehead atoms. The Bertz CT molecular complexity index is 454. The van der Waals surface area contributed by atoms with Crippen LogP contribution >= 0.6 is 11.3 Å². The maximum atomic E-state index is 8.20. The second-order valence-electron chi connectivity index (χ2n) is 2.33. The fraction of sp³-hybridized carbons (Fsp3) is 0. The first-order valence-electron chi connectivity index (χ1n) is 3.42. The van der Waals surface area contributed by atoms with Crippen molar-refractivity contribution in [2.24, 2.45) is 5.11 Å². The molecule has 0 N–H and O–H groups in total. The smallest absolute Gasteiger partial charge is 0.0389 e. The SMILES string of the molecule is [N-]=[N+]=Nc1ccc2ccsc2c1. The van der Waals surface area contributed by atoms with Crippen LogP contribution in [0.5, 0.6) is 0 Å². The second-order valence-corrected chi connectivity index (χ2v) is 3.28. The van der Waals surface area contributed by atoms with Gasteiger partial charge in [-0.05, 0) is 28.4 Å². The van der Waals surface area contributed by atoms with Gasteiger partial charge >= 0.3 is 0 Å². The zero-order valence-corrected chi connectivity index (χ0v) is 6.95. The highest BCUT2D eigenvalue weighted by atomic mass is 32.1. The summed E-state index contributed by atoms with van der Waals surface area (Å²) in [7, 11) is 0. The van der Waals surface area contributed by atoms with Crippen LogP contribution in [-0.4, -0.2) is 0 Å². The fourth-order valence-electron chi connectivity index (χ4n) is 1.06. The number of fused-ring (bicyclic) bond motifs is 1. The van der Waals surface area contributed by atoms with Gasteiger partial charge in [0, 0.05) is 15.3 Å². The summed E-state index contributed by atoms with van der Waals surface area (Å²) in [5.41, 5.74) is 8.88. The highest BCUT2D eigenvalue weighted by Crippen LogP contribution is 2.25. The first kappa shape index (κ1) is 7.16. The van der Waals surface area contributed by atoms with Gasteiger partial charge in [0.05, 0.1) is 0 Å². The molecule has 1 aromatic heterocycles. The van der Waals surface area contributed by atoms with Gasteiger partial charge in [0.1, 0.15) is 0 Å². The summed E-state index contributed by atoms with van der Waals surface area (Å²) in [4.78, 5) is 2.73. The molecule has 0 aliphatic rings. The van der Waals surface area contributed by atoms with Crippen molar-refractivity contribution in [3.8, 4) is 0 Å². The van der Waals surface area contributed by atoms with Crippen molar-refractivity contribution in [2.45, 2.75) is 0 Å². The molecule has 0 saturated heterocycles. The molecular weight excluding hydrogens is 170 g/mol. The maximum absolute atomic E-state index is 8.20. The van der Waals surface area contributed by atoms with E-state index < -0.39 is 0 Å². The van der Waals surface area contributed by atoms with E-state index >= 15 is 0 Å². The summed E-state index contributed by atoms with van der Waals surface area (Å²) in [6, 6.07) is 7.70. The number of azide groups is 1. The molecule has 1 heterocycles. The van der Waals surface area contributed by atoms with Crippen molar-refractivity contribution in [3.63, 3.8) is 0 Å². The highest BCUT2D eigenvalue weighted by Gasteiger charge is 1.94. The molecule has 12 heavy (non-hydrogen) atoms. The molecule has 0 radical (unpaired) electrons. The number of rotatable bonds is 1. The van der Waals surface area contributed by atoms with Crippen LogP contribution < -0.4 is 0 Å². The van der Waals surface area contributed by atoms with Crippen LogP contribution in [0.4, 0.5) is 5.69 Å². The molecule has 0 aliphatic heterocycles. The van der Waals surface area contributed by atoms with Gasteiger partial charge in [0.15, 0.2) is 0 Å². The zero-order chi connectivity index (χ0) is 8.39. The van der Waals surface area contributed by atoms with E-state index in [1.54, 1.807) is 11.3 Å². The molecular formula is C8H5N3S. The van der Waals surface area contributed by atoms with Crippen LogP contribution in [0.15, 0.2) is 34.8 Å². The van der Waals surface area contributed by atoms with Crippen molar-refractivity contribution in [1.29, 1.82) is 0 Å². The first-order chi connectivity index (χ1) is 5.90. The summed E-state index contributed by atoms with van der Waals surface area (Å²) in [5.74, 6) is 0. The van der Waals surface area contributed by atoms with Gasteiger partial charge in [-0.25, -0.2) is 0 Å². The molecule has 0 aliphatic carbocycles. The summed E-state index contributed by atoms with van der Waals surface area (Å²) >= 11 is 1.64. The standard InChI is InChI=1S/C8H5N3S/c9-11-10-7-2-1-6-3-4-12-8(6)5-7/h1-5H. The lowest BCUT2D eigenvalue weighted by Gasteiger charge is -1.90. The van der Waals surface area contributed by atoms with Crippen molar-refractivity contribution in [3.05, 3.63) is 40.1 Å². The van der Waals surface area contributed by atoms with Gasteiger partial charge < -0.3 is 0 Å². The molecule has 1 aromatic carbocycles. The van der Waals surface area contributed by atoms with Gasteiger partial charge in [0.2, 0.25) is 0 Å². The normalized spacial score (nSPS) is 9.67. The maximum Gasteiger partial charge on any atom is 0.0389 e. The van der Waals surface area contributed by atoms with E-state index in [1.807, 2.05) is 29.6 Å². The molecule has 3 nitrogen and oxygen atoms in total. The van der Waals surface area contributed by atoms with Crippen LogP contribution in [0.3, 0.4) is 0 Å². The van der Waals surface area contributed by atoms with E-state index in [2.05, 4.69) is 10.0 Å². The molecule has 0 unspecified atom stereocenters. The lowest BCUT2D eigenvalue weighted by molar-refractivity contribution is 1.50. The lowest BCUT2D eigenvalue weighted by atomic mass is 10.2. The van der Waals surface area contributed by atoms with Gasteiger partial charge in [-0.1, -0.05) is 17.2 Å². The molecule has 4 heteroatoms. The highest BCUT2D eigenvalue weighted by molar-refractivity contribution is 7.17. The fourth-order valence-corrected chi connectivity index (χ4v) is 1.88. The Morgan fingerprint density at radius 1 is 1.33 bits per heavy atom. The molecule has 2 aromatic rings. The monoisotopic (exact) mass is 175 g/mol. The Morgan fingerprint density at radius 3 is 3.08 bits per heavy atom. The predicted octanol–water partition coefficient (Wildman–Crippen LogP) is 3.84. The van der Waals surface area contributed by atoms with Crippen molar-refractivity contribution in [2.75, 3.05) is 0 Å². The quantitative estimate of drug-likeness (QED) is 0.359. The minimum absolute atomic E-state index is 0.674. The molecule has 0 fully saturated rings. The van der Waals surface area contributed by atoms with E-state index in [9.17, 15) is 0 Å². The third-order valence-electron chi connectivity index (χ3n) is 1.60. The average Bonchev–Trinajstić information content (AvgIpc) is 2.51. The Morgan fingerprint density at radius 2 is 2.25 bits per heavy atom. The molecule has 0 saturated carbocycles. The Balaban J connectivity index is 2.67. The minimum Gasteiger partial charge on any atom is -0.144 e. The van der Waals surface area contributed by atoms with Crippen LogP contribution in [0.2, 0.25) is 0 Å². The largest absolute Gasteiger partial charge is 0.144 e. The van der Waals surface area contributed by atoms with Gasteiger partial charge in [0.25, 0.3) is 0 Å². The van der Waals surface area contributed by atoms with Gasteiger partial charge in [-0.3, -0.25) is 0 Å². The summed E-state index contributed by atoms with van der Waals surface area (Å²) in [6.07, 6.45) is 0. The number of nitrogens with zero attached hydrogens (tertiary/aromatic N) is 3. The number of benzene rings is 1. The molecule has 58 valence electrons. The topological polar surface area (TPSA) is 48.8 Å². The Kier molecular flexibility index (Phi) is 1.70. The summed E-state index contributed by atoms with van der Waals surface area (Å²) in [5, 5.41) is 6.73. The minimum atomic E-state index is 0.674. The third kappa shape index (κ3) is 1.13. The van der Waals surface area contributed by atoms with Crippen LogP contribution in [0, 0.1) is 0 Å². The average molecular weight is 175 g/mol. The van der Waals surface area contributed by atoms with E-state index in [4.69, 9.17) is 5.53 Å². The number of thiophene rings is 1. The Hall–Kier alpha value is -1.51. The molecule has 2 rings (SSSR count). The van der Waals surface area contributed by atoms with E-state index in [0.29, 0.717) is 5.69 Å². The first-order valence-corrected chi connectivity index (χ1v) is 4.30. The van der Waals surface area contributed by atoms with Gasteiger partial charge in [-0.15, -0.1) is 11.3 Å². The van der Waals surface area contributed by atoms with Gasteiger partial charge in [-0.2, -0.15) is 0 Å². The Labute approximate surface area is 72.9 Å². The van der Waals surface area contributed by atoms with Crippen molar-refractivity contribution >= 4 is 27.1 Å². The van der Waals surface area contributed by atoms with E-state index in [-0.39, 0.29) is 0 Å². The van der Waals surface area contributed by atoms with Crippen LogP contribution in [0.25, 0.3) is 20.5 Å². The zero-order valence-electron chi connectivity index (χ0n) is 6.14. The number of hydrogen-bond acceptors (Lipinski definition) is 2. The lowest BCUT2D eigenvalue weighted by Crippen LogP contribution is -1.61. The van der Waals surface area contributed by atoms with E-state index in [1.165, 1.54) is 5.39 Å². The predicted molar refractivity (Wildman–Crippen MR) is 50.6 cm³/mol. The van der Waals surface area contributed by atoms with Crippen molar-refractivity contribution in [1.82, 2.24) is 0 Å².